The van der Waals surface area contributed by atoms with E-state index < -0.39 is 47.9 Å². The second-order valence-corrected chi connectivity index (χ2v) is 7.94. The summed E-state index contributed by atoms with van der Waals surface area (Å²) in [7, 11) is 0. The quantitative estimate of drug-likeness (QED) is 0.515. The van der Waals surface area contributed by atoms with Crippen molar-refractivity contribution in [2.75, 3.05) is 0 Å². The number of nitrogens with one attached hydrogen (secondary N) is 2. The summed E-state index contributed by atoms with van der Waals surface area (Å²) in [5, 5.41) is 14.4. The Labute approximate surface area is 153 Å². The summed E-state index contributed by atoms with van der Waals surface area (Å²) < 4.78 is 4.94. The van der Waals surface area contributed by atoms with Gasteiger partial charge >= 0.3 is 11.9 Å². The molecule has 0 unspecified atom stereocenters. The van der Waals surface area contributed by atoms with Gasteiger partial charge in [0.2, 0.25) is 5.91 Å². The number of hydrogen-bond acceptors (Lipinski definition) is 5. The molecule has 146 valence electrons. The zero-order valence-electron chi connectivity index (χ0n) is 15.7. The lowest BCUT2D eigenvalue weighted by atomic mass is 9.85. The standard InChI is InChI=1S/C18H28N2O6/c1-8(2)12-14(26-18(12)25)16(22)20-13(9(3)4)15(21)19-11(17(23)24)7-10-5-6-10/h8-14H,5-7H2,1-4H3,(H,19,21)(H,20,22)(H,23,24)/t11-,12-,13-,14+/m0/s1. The van der Waals surface area contributed by atoms with E-state index >= 15 is 0 Å². The molecule has 0 bridgehead atoms. The Morgan fingerprint density at radius 2 is 1.77 bits per heavy atom. The van der Waals surface area contributed by atoms with E-state index in [1.54, 1.807) is 13.8 Å². The molecular weight excluding hydrogens is 340 g/mol. The molecule has 2 fully saturated rings. The molecule has 2 aliphatic rings. The Kier molecular flexibility index (Phi) is 6.26. The Hall–Kier alpha value is -2.12. The van der Waals surface area contributed by atoms with Crippen molar-refractivity contribution in [3.05, 3.63) is 0 Å². The van der Waals surface area contributed by atoms with Gasteiger partial charge in [0.25, 0.3) is 5.91 Å². The molecule has 2 amide bonds. The predicted molar refractivity (Wildman–Crippen MR) is 91.9 cm³/mol. The van der Waals surface area contributed by atoms with Crippen LogP contribution in [0, 0.1) is 23.7 Å². The maximum atomic E-state index is 12.5. The third-order valence-electron chi connectivity index (χ3n) is 4.95. The van der Waals surface area contributed by atoms with Crippen LogP contribution in [0.3, 0.4) is 0 Å². The highest BCUT2D eigenvalue weighted by Crippen LogP contribution is 2.33. The molecule has 0 spiro atoms. The van der Waals surface area contributed by atoms with E-state index in [0.717, 1.165) is 12.8 Å². The molecule has 1 saturated heterocycles. The predicted octanol–water partition coefficient (Wildman–Crippen LogP) is 0.694. The third kappa shape index (κ3) is 4.74. The van der Waals surface area contributed by atoms with Crippen molar-refractivity contribution < 1.29 is 29.0 Å². The Morgan fingerprint density at radius 1 is 1.15 bits per heavy atom. The smallest absolute Gasteiger partial charge is 0.326 e. The van der Waals surface area contributed by atoms with Crippen LogP contribution < -0.4 is 10.6 Å². The number of hydrogen-bond donors (Lipinski definition) is 3. The summed E-state index contributed by atoms with van der Waals surface area (Å²) in [5.74, 6) is -3.03. The van der Waals surface area contributed by atoms with Gasteiger partial charge in [-0.3, -0.25) is 14.4 Å². The second kappa shape index (κ2) is 8.05. The highest BCUT2D eigenvalue weighted by molar-refractivity contribution is 5.97. The zero-order valence-corrected chi connectivity index (χ0v) is 15.7. The average Bonchev–Trinajstić information content (AvgIpc) is 3.31. The Bertz CT molecular complexity index is 584. The van der Waals surface area contributed by atoms with Crippen molar-refractivity contribution in [3.63, 3.8) is 0 Å². The van der Waals surface area contributed by atoms with Crippen LogP contribution in [-0.2, 0) is 23.9 Å². The van der Waals surface area contributed by atoms with Gasteiger partial charge in [-0.2, -0.15) is 0 Å². The number of ether oxygens (including phenoxy) is 1. The molecule has 0 radical (unpaired) electrons. The molecule has 8 heteroatoms. The maximum absolute atomic E-state index is 12.5. The molecule has 1 heterocycles. The van der Waals surface area contributed by atoms with Crippen LogP contribution in [0.25, 0.3) is 0 Å². The maximum Gasteiger partial charge on any atom is 0.326 e. The van der Waals surface area contributed by atoms with Crippen LogP contribution in [0.5, 0.6) is 0 Å². The first kappa shape index (κ1) is 20.2. The van der Waals surface area contributed by atoms with Gasteiger partial charge in [-0.25, -0.2) is 4.79 Å². The minimum absolute atomic E-state index is 0.0479. The molecular formula is C18H28N2O6. The van der Waals surface area contributed by atoms with E-state index in [-0.39, 0.29) is 11.8 Å². The van der Waals surface area contributed by atoms with Crippen molar-refractivity contribution >= 4 is 23.8 Å². The number of carboxylic acid groups (broad SMARTS) is 1. The van der Waals surface area contributed by atoms with Crippen molar-refractivity contribution in [2.45, 2.75) is 65.1 Å². The van der Waals surface area contributed by atoms with Crippen molar-refractivity contribution in [2.24, 2.45) is 23.7 Å². The van der Waals surface area contributed by atoms with Gasteiger partial charge in [0.15, 0.2) is 6.10 Å². The number of carbonyl (C=O) groups excluding carboxylic acids is 3. The summed E-state index contributed by atoms with van der Waals surface area (Å²) in [6.45, 7) is 7.17. The number of aliphatic carboxylic acids is 1. The first-order valence-corrected chi connectivity index (χ1v) is 9.15. The normalized spacial score (nSPS) is 24.5. The molecule has 3 N–H and O–H groups in total. The lowest BCUT2D eigenvalue weighted by molar-refractivity contribution is -0.193. The number of carbonyl (C=O) groups is 4. The summed E-state index contributed by atoms with van der Waals surface area (Å²) in [6, 6.07) is -1.85. The highest BCUT2D eigenvalue weighted by Gasteiger charge is 2.49. The summed E-state index contributed by atoms with van der Waals surface area (Å²) in [6.07, 6.45) is 1.45. The van der Waals surface area contributed by atoms with Crippen LogP contribution in [-0.4, -0.2) is 47.0 Å². The van der Waals surface area contributed by atoms with E-state index in [0.29, 0.717) is 12.3 Å². The van der Waals surface area contributed by atoms with Crippen LogP contribution in [0.15, 0.2) is 0 Å². The van der Waals surface area contributed by atoms with Gasteiger partial charge < -0.3 is 20.5 Å². The molecule has 2 rings (SSSR count). The first-order chi connectivity index (χ1) is 12.1. The minimum atomic E-state index is -1.08. The van der Waals surface area contributed by atoms with Crippen molar-refractivity contribution in [1.29, 1.82) is 0 Å². The van der Waals surface area contributed by atoms with Crippen molar-refractivity contribution in [1.82, 2.24) is 10.6 Å². The molecule has 4 atom stereocenters. The number of carboxylic acids is 1. The summed E-state index contributed by atoms with van der Waals surface area (Å²) in [5.41, 5.74) is 0. The molecule has 1 aliphatic carbocycles. The topological polar surface area (TPSA) is 122 Å². The first-order valence-electron chi connectivity index (χ1n) is 9.15. The van der Waals surface area contributed by atoms with Gasteiger partial charge in [-0.15, -0.1) is 0 Å². The number of amides is 2. The van der Waals surface area contributed by atoms with Gasteiger partial charge in [0, 0.05) is 0 Å². The van der Waals surface area contributed by atoms with E-state index in [2.05, 4.69) is 10.6 Å². The van der Waals surface area contributed by atoms with E-state index in [4.69, 9.17) is 4.74 Å². The zero-order chi connectivity index (χ0) is 19.6. The average molecular weight is 368 g/mol. The molecule has 0 aromatic heterocycles. The van der Waals surface area contributed by atoms with Crippen LogP contribution in [0.1, 0.15) is 47.0 Å². The second-order valence-electron chi connectivity index (χ2n) is 7.94. The SMILES string of the molecule is CC(C)[C@H](NC(=O)[C@@H]1OC(=O)[C@H]1C(C)C)C(=O)N[C@@H](CC1CC1)C(=O)O. The largest absolute Gasteiger partial charge is 0.480 e. The molecule has 8 nitrogen and oxygen atoms in total. The van der Waals surface area contributed by atoms with Gasteiger partial charge in [-0.05, 0) is 24.2 Å². The monoisotopic (exact) mass is 368 g/mol. The van der Waals surface area contributed by atoms with Gasteiger partial charge in [-0.1, -0.05) is 40.5 Å². The lowest BCUT2D eigenvalue weighted by Crippen LogP contribution is -2.61. The fourth-order valence-electron chi connectivity index (χ4n) is 3.11. The Morgan fingerprint density at radius 3 is 2.19 bits per heavy atom. The van der Waals surface area contributed by atoms with Crippen LogP contribution in [0.4, 0.5) is 0 Å². The Balaban J connectivity index is 1.98. The number of rotatable bonds is 9. The number of cyclic esters (lactones) is 1. The fourth-order valence-corrected chi connectivity index (χ4v) is 3.11. The number of esters is 1. The highest BCUT2D eigenvalue weighted by atomic mass is 16.6. The molecule has 1 aliphatic heterocycles. The lowest BCUT2D eigenvalue weighted by Gasteiger charge is -2.37. The van der Waals surface area contributed by atoms with E-state index in [1.165, 1.54) is 0 Å². The van der Waals surface area contributed by atoms with Crippen molar-refractivity contribution in [3.8, 4) is 0 Å². The molecule has 1 saturated carbocycles. The van der Waals surface area contributed by atoms with E-state index in [9.17, 15) is 24.3 Å². The van der Waals surface area contributed by atoms with E-state index in [1.807, 2.05) is 13.8 Å². The van der Waals surface area contributed by atoms with Crippen LogP contribution in [0.2, 0.25) is 0 Å². The summed E-state index contributed by atoms with van der Waals surface area (Å²) in [4.78, 5) is 47.9. The van der Waals surface area contributed by atoms with Gasteiger partial charge in [0.1, 0.15) is 18.0 Å². The third-order valence-corrected chi connectivity index (χ3v) is 4.95. The fraction of sp³-hybridized carbons (Fsp3) is 0.778. The summed E-state index contributed by atoms with van der Waals surface area (Å²) >= 11 is 0. The molecule has 26 heavy (non-hydrogen) atoms. The minimum Gasteiger partial charge on any atom is -0.480 e. The van der Waals surface area contributed by atoms with Crippen LogP contribution >= 0.6 is 0 Å². The molecule has 0 aromatic rings. The molecule has 0 aromatic carbocycles. The van der Waals surface area contributed by atoms with Gasteiger partial charge in [0.05, 0.1) is 0 Å².